The molecule has 0 saturated heterocycles. The summed E-state index contributed by atoms with van der Waals surface area (Å²) in [5.74, 6) is -0.125. The van der Waals surface area contributed by atoms with Gasteiger partial charge in [0.25, 0.3) is 5.91 Å². The Morgan fingerprint density at radius 1 is 1.50 bits per heavy atom. The van der Waals surface area contributed by atoms with E-state index >= 15 is 0 Å². The van der Waals surface area contributed by atoms with Crippen molar-refractivity contribution >= 4 is 12.1 Å². The first-order valence-electron chi connectivity index (χ1n) is 5.81. The number of hydrazone groups is 1. The van der Waals surface area contributed by atoms with Crippen molar-refractivity contribution in [1.29, 1.82) is 0 Å². The second kappa shape index (κ2) is 5.87. The number of aromatic nitrogens is 2. The van der Waals surface area contributed by atoms with Crippen molar-refractivity contribution in [1.82, 2.24) is 15.2 Å². The molecule has 2 aromatic rings. The Bertz CT molecular complexity index is 649. The van der Waals surface area contributed by atoms with E-state index in [0.29, 0.717) is 11.3 Å². The Kier molecular flexibility index (Phi) is 3.99. The summed E-state index contributed by atoms with van der Waals surface area (Å²) in [6.07, 6.45) is 2.99. The lowest BCUT2D eigenvalue weighted by molar-refractivity contribution is 0.0949. The number of hydrogen-bond acceptors (Lipinski definition) is 5. The smallest absolute Gasteiger partial charge is 0.291 e. The van der Waals surface area contributed by atoms with Crippen LogP contribution in [0.15, 0.2) is 35.6 Å². The lowest BCUT2D eigenvalue weighted by atomic mass is 10.2. The number of aromatic hydroxyl groups is 1. The molecule has 7 nitrogen and oxygen atoms in total. The van der Waals surface area contributed by atoms with Gasteiger partial charge in [0.15, 0.2) is 17.2 Å². The van der Waals surface area contributed by atoms with Crippen LogP contribution in [-0.2, 0) is 7.05 Å². The molecule has 2 rings (SSSR count). The highest BCUT2D eigenvalue weighted by molar-refractivity contribution is 5.93. The molecule has 0 unspecified atom stereocenters. The van der Waals surface area contributed by atoms with Crippen molar-refractivity contribution in [3.63, 3.8) is 0 Å². The first kappa shape index (κ1) is 13.6. The molecule has 0 aliphatic rings. The fraction of sp³-hybridized carbons (Fsp3) is 0.154. The van der Waals surface area contributed by atoms with E-state index in [1.807, 2.05) is 0 Å². The maximum Gasteiger partial charge on any atom is 0.291 e. The van der Waals surface area contributed by atoms with Crippen LogP contribution in [0.25, 0.3) is 0 Å². The second-order valence-corrected chi connectivity index (χ2v) is 3.97. The minimum absolute atomic E-state index is 0.0363. The van der Waals surface area contributed by atoms with Gasteiger partial charge in [-0.2, -0.15) is 10.2 Å². The zero-order valence-electron chi connectivity index (χ0n) is 11.1. The molecule has 0 saturated carbocycles. The molecule has 0 spiro atoms. The third-order valence-electron chi connectivity index (χ3n) is 2.57. The number of amides is 1. The number of aryl methyl sites for hydroxylation is 1. The number of ether oxygens (including phenoxy) is 1. The normalized spacial score (nSPS) is 10.7. The van der Waals surface area contributed by atoms with Gasteiger partial charge in [0.05, 0.1) is 13.3 Å². The van der Waals surface area contributed by atoms with Gasteiger partial charge in [0, 0.05) is 18.8 Å². The zero-order chi connectivity index (χ0) is 14.5. The van der Waals surface area contributed by atoms with Crippen LogP contribution in [0.3, 0.4) is 0 Å². The number of carbonyl (C=O) groups is 1. The number of benzene rings is 1. The van der Waals surface area contributed by atoms with E-state index in [-0.39, 0.29) is 11.4 Å². The van der Waals surface area contributed by atoms with Crippen LogP contribution in [-0.4, -0.2) is 34.1 Å². The molecule has 0 radical (unpaired) electrons. The molecule has 1 aromatic carbocycles. The minimum Gasteiger partial charge on any atom is -0.504 e. The average molecular weight is 274 g/mol. The standard InChI is InChI=1S/C13H14N4O3/c1-17-7-6-10(16-17)13(19)15-14-8-9-4-3-5-11(20-2)12(9)18/h3-8,18H,1-2H3,(H,15,19). The number of carbonyl (C=O) groups excluding carboxylic acids is 1. The van der Waals surface area contributed by atoms with Crippen molar-refractivity contribution < 1.29 is 14.6 Å². The van der Waals surface area contributed by atoms with Gasteiger partial charge < -0.3 is 9.84 Å². The number of phenolic OH excluding ortho intramolecular Hbond substituents is 1. The van der Waals surface area contributed by atoms with Gasteiger partial charge in [0.1, 0.15) is 0 Å². The molecule has 7 heteroatoms. The number of methoxy groups -OCH3 is 1. The van der Waals surface area contributed by atoms with Gasteiger partial charge in [-0.1, -0.05) is 6.07 Å². The average Bonchev–Trinajstić information content (AvgIpc) is 2.87. The quantitative estimate of drug-likeness (QED) is 0.640. The topological polar surface area (TPSA) is 88.7 Å². The van der Waals surface area contributed by atoms with E-state index in [1.54, 1.807) is 37.5 Å². The predicted octanol–water partition coefficient (Wildman–Crippen LogP) is 0.898. The molecule has 1 amide bonds. The van der Waals surface area contributed by atoms with Crippen LogP contribution in [0.2, 0.25) is 0 Å². The van der Waals surface area contributed by atoms with Crippen LogP contribution in [0, 0.1) is 0 Å². The number of hydrogen-bond donors (Lipinski definition) is 2. The molecule has 0 aliphatic carbocycles. The largest absolute Gasteiger partial charge is 0.504 e. The number of phenols is 1. The summed E-state index contributed by atoms with van der Waals surface area (Å²) in [5.41, 5.74) is 3.03. The molecule has 20 heavy (non-hydrogen) atoms. The van der Waals surface area contributed by atoms with Crippen LogP contribution in [0.4, 0.5) is 0 Å². The summed E-state index contributed by atoms with van der Waals surface area (Å²) >= 11 is 0. The Morgan fingerprint density at radius 2 is 2.30 bits per heavy atom. The van der Waals surface area contributed by atoms with E-state index < -0.39 is 5.91 Å². The molecule has 1 aromatic heterocycles. The number of nitrogens with one attached hydrogen (secondary N) is 1. The summed E-state index contributed by atoms with van der Waals surface area (Å²) in [6.45, 7) is 0. The van der Waals surface area contributed by atoms with Crippen LogP contribution in [0.5, 0.6) is 11.5 Å². The highest BCUT2D eigenvalue weighted by Crippen LogP contribution is 2.27. The first-order valence-corrected chi connectivity index (χ1v) is 5.81. The van der Waals surface area contributed by atoms with Crippen LogP contribution >= 0.6 is 0 Å². The first-order chi connectivity index (χ1) is 9.61. The Balaban J connectivity index is 2.05. The van der Waals surface area contributed by atoms with E-state index in [2.05, 4.69) is 15.6 Å². The minimum atomic E-state index is -0.427. The highest BCUT2D eigenvalue weighted by Gasteiger charge is 2.08. The SMILES string of the molecule is COc1cccc(C=NNC(=O)c2ccn(C)n2)c1O. The maximum absolute atomic E-state index is 11.7. The molecule has 0 bridgehead atoms. The van der Waals surface area contributed by atoms with Crippen LogP contribution < -0.4 is 10.2 Å². The summed E-state index contributed by atoms with van der Waals surface area (Å²) in [5, 5.41) is 17.5. The zero-order valence-corrected chi connectivity index (χ0v) is 11.1. The van der Waals surface area contributed by atoms with E-state index in [4.69, 9.17) is 4.74 Å². The monoisotopic (exact) mass is 274 g/mol. The molecule has 2 N–H and O–H groups in total. The van der Waals surface area contributed by atoms with Crippen molar-refractivity contribution in [2.24, 2.45) is 12.1 Å². The number of para-hydroxylation sites is 1. The van der Waals surface area contributed by atoms with Gasteiger partial charge in [-0.15, -0.1) is 0 Å². The highest BCUT2D eigenvalue weighted by atomic mass is 16.5. The number of rotatable bonds is 4. The van der Waals surface area contributed by atoms with Crippen molar-refractivity contribution in [3.05, 3.63) is 41.7 Å². The van der Waals surface area contributed by atoms with Gasteiger partial charge in [-0.05, 0) is 18.2 Å². The summed E-state index contributed by atoms with van der Waals surface area (Å²) in [6, 6.07) is 6.56. The van der Waals surface area contributed by atoms with Gasteiger partial charge in [-0.3, -0.25) is 9.48 Å². The van der Waals surface area contributed by atoms with Crippen molar-refractivity contribution in [2.45, 2.75) is 0 Å². The lowest BCUT2D eigenvalue weighted by Crippen LogP contribution is -2.18. The van der Waals surface area contributed by atoms with E-state index in [0.717, 1.165) is 0 Å². The third kappa shape index (κ3) is 2.94. The van der Waals surface area contributed by atoms with Gasteiger partial charge in [-0.25, -0.2) is 5.43 Å². The molecular formula is C13H14N4O3. The third-order valence-corrected chi connectivity index (χ3v) is 2.57. The fourth-order valence-corrected chi connectivity index (χ4v) is 1.56. The fourth-order valence-electron chi connectivity index (χ4n) is 1.56. The molecule has 0 aliphatic heterocycles. The van der Waals surface area contributed by atoms with Crippen LogP contribution in [0.1, 0.15) is 16.1 Å². The molecular weight excluding hydrogens is 260 g/mol. The van der Waals surface area contributed by atoms with E-state index in [9.17, 15) is 9.90 Å². The summed E-state index contributed by atoms with van der Waals surface area (Å²) in [7, 11) is 3.17. The maximum atomic E-state index is 11.7. The molecule has 1 heterocycles. The Morgan fingerprint density at radius 3 is 2.95 bits per heavy atom. The Hall–Kier alpha value is -2.83. The molecule has 104 valence electrons. The predicted molar refractivity (Wildman–Crippen MR) is 72.9 cm³/mol. The Labute approximate surface area is 115 Å². The van der Waals surface area contributed by atoms with Gasteiger partial charge in [0.2, 0.25) is 0 Å². The summed E-state index contributed by atoms with van der Waals surface area (Å²) in [4.78, 5) is 11.7. The molecule has 0 fully saturated rings. The summed E-state index contributed by atoms with van der Waals surface area (Å²) < 4.78 is 6.49. The van der Waals surface area contributed by atoms with Gasteiger partial charge >= 0.3 is 0 Å². The van der Waals surface area contributed by atoms with Crippen molar-refractivity contribution in [2.75, 3.05) is 7.11 Å². The second-order valence-electron chi connectivity index (χ2n) is 3.97. The lowest BCUT2D eigenvalue weighted by Gasteiger charge is -2.04. The molecule has 0 atom stereocenters. The van der Waals surface area contributed by atoms with E-state index in [1.165, 1.54) is 18.0 Å². The van der Waals surface area contributed by atoms with Crippen molar-refractivity contribution in [3.8, 4) is 11.5 Å². The number of nitrogens with zero attached hydrogens (tertiary/aromatic N) is 3.